The van der Waals surface area contributed by atoms with Crippen LogP contribution in [0.5, 0.6) is 0 Å². The maximum Gasteiger partial charge on any atom is 0.255 e. The number of carbonyl (C=O) groups is 1. The van der Waals surface area contributed by atoms with Crippen molar-refractivity contribution in [3.63, 3.8) is 0 Å². The molecule has 6 heteroatoms. The molecule has 0 spiro atoms. The van der Waals surface area contributed by atoms with Crippen LogP contribution in [0, 0.1) is 5.92 Å². The van der Waals surface area contributed by atoms with Crippen LogP contribution in [0.4, 0.5) is 28.4 Å². The van der Waals surface area contributed by atoms with Gasteiger partial charge in [0, 0.05) is 58.0 Å². The number of hydrogen-bond donors (Lipinski definition) is 3. The van der Waals surface area contributed by atoms with Gasteiger partial charge in [-0.1, -0.05) is 12.1 Å². The Morgan fingerprint density at radius 2 is 1.56 bits per heavy atom. The van der Waals surface area contributed by atoms with Gasteiger partial charge in [-0.25, -0.2) is 0 Å². The van der Waals surface area contributed by atoms with Crippen molar-refractivity contribution in [2.75, 3.05) is 16.0 Å². The molecule has 0 unspecified atom stereocenters. The Bertz CT molecular complexity index is 1650. The zero-order valence-electron chi connectivity index (χ0n) is 21.5. The molecule has 3 aromatic carbocycles. The molecule has 2 heterocycles. The molecule has 192 valence electrons. The fourth-order valence-corrected chi connectivity index (χ4v) is 6.24. The SMILES string of the molecule is O=C(Nc1cccc(Nc2ccncc2)c1)c1ccc(Nc2ccnc3ccc(C45CCC(C4)C5)cc23)cc1. The highest BCUT2D eigenvalue weighted by atomic mass is 16.1. The molecule has 2 aromatic heterocycles. The van der Waals surface area contributed by atoms with Crippen molar-refractivity contribution in [2.45, 2.75) is 31.1 Å². The quantitative estimate of drug-likeness (QED) is 0.208. The van der Waals surface area contributed by atoms with Gasteiger partial charge in [-0.3, -0.25) is 14.8 Å². The fraction of sp³-hybridized carbons (Fsp3) is 0.182. The summed E-state index contributed by atoms with van der Waals surface area (Å²) in [5.41, 5.74) is 7.92. The van der Waals surface area contributed by atoms with E-state index in [0.29, 0.717) is 11.0 Å². The Morgan fingerprint density at radius 1 is 0.769 bits per heavy atom. The van der Waals surface area contributed by atoms with Gasteiger partial charge in [0.2, 0.25) is 0 Å². The molecule has 8 rings (SSSR count). The van der Waals surface area contributed by atoms with Crippen LogP contribution in [-0.4, -0.2) is 15.9 Å². The summed E-state index contributed by atoms with van der Waals surface area (Å²) < 4.78 is 0. The Balaban J connectivity index is 1.05. The first-order chi connectivity index (χ1) is 19.1. The lowest BCUT2D eigenvalue weighted by Gasteiger charge is -2.39. The van der Waals surface area contributed by atoms with Crippen molar-refractivity contribution in [3.8, 4) is 0 Å². The van der Waals surface area contributed by atoms with Gasteiger partial charge in [-0.15, -0.1) is 0 Å². The monoisotopic (exact) mass is 511 g/mol. The minimum absolute atomic E-state index is 0.156. The van der Waals surface area contributed by atoms with E-state index in [9.17, 15) is 4.79 Å². The number of hydrogen-bond acceptors (Lipinski definition) is 5. The zero-order chi connectivity index (χ0) is 26.2. The molecule has 6 nitrogen and oxygen atoms in total. The largest absolute Gasteiger partial charge is 0.355 e. The number of nitrogens with zero attached hydrogens (tertiary/aromatic N) is 2. The maximum atomic E-state index is 13.0. The highest BCUT2D eigenvalue weighted by Crippen LogP contribution is 2.60. The summed E-state index contributed by atoms with van der Waals surface area (Å²) in [6.45, 7) is 0. The van der Waals surface area contributed by atoms with Gasteiger partial charge in [-0.2, -0.15) is 0 Å². The third kappa shape index (κ3) is 4.59. The number of rotatable bonds is 7. The summed E-state index contributed by atoms with van der Waals surface area (Å²) in [6.07, 6.45) is 10.6. The topological polar surface area (TPSA) is 78.9 Å². The minimum atomic E-state index is -0.156. The van der Waals surface area contributed by atoms with Crippen molar-refractivity contribution in [1.82, 2.24) is 9.97 Å². The minimum Gasteiger partial charge on any atom is -0.355 e. The molecule has 0 radical (unpaired) electrons. The average Bonchev–Trinajstić information content (AvgIpc) is 3.57. The zero-order valence-corrected chi connectivity index (χ0v) is 21.5. The van der Waals surface area contributed by atoms with Crippen LogP contribution in [-0.2, 0) is 5.41 Å². The average molecular weight is 512 g/mol. The molecule has 0 saturated heterocycles. The van der Waals surface area contributed by atoms with Gasteiger partial charge in [0.25, 0.3) is 5.91 Å². The molecular weight excluding hydrogens is 482 g/mol. The highest BCUT2D eigenvalue weighted by molar-refractivity contribution is 6.04. The molecule has 1 amide bonds. The molecular formula is C33H29N5O. The second kappa shape index (κ2) is 9.55. The number of nitrogens with one attached hydrogen (secondary N) is 3. The number of pyridine rings is 2. The van der Waals surface area contributed by atoms with Crippen molar-refractivity contribution >= 4 is 45.2 Å². The molecule has 3 aliphatic rings. The highest BCUT2D eigenvalue weighted by Gasteiger charge is 2.51. The Morgan fingerprint density at radius 3 is 2.36 bits per heavy atom. The van der Waals surface area contributed by atoms with E-state index < -0.39 is 0 Å². The van der Waals surface area contributed by atoms with E-state index in [4.69, 9.17) is 0 Å². The fourth-order valence-electron chi connectivity index (χ4n) is 6.24. The second-order valence-electron chi connectivity index (χ2n) is 10.8. The summed E-state index contributed by atoms with van der Waals surface area (Å²) >= 11 is 0. The van der Waals surface area contributed by atoms with E-state index in [1.54, 1.807) is 12.4 Å². The summed E-state index contributed by atoms with van der Waals surface area (Å²) in [5, 5.41) is 11.0. The predicted molar refractivity (Wildman–Crippen MR) is 157 cm³/mol. The lowest BCUT2D eigenvalue weighted by atomic mass is 9.65. The van der Waals surface area contributed by atoms with Crippen LogP contribution in [0.15, 0.2) is 104 Å². The molecule has 5 aromatic rings. The van der Waals surface area contributed by atoms with Crippen LogP contribution < -0.4 is 16.0 Å². The van der Waals surface area contributed by atoms with Gasteiger partial charge < -0.3 is 16.0 Å². The molecule has 3 aliphatic carbocycles. The number of amides is 1. The van der Waals surface area contributed by atoms with Gasteiger partial charge >= 0.3 is 0 Å². The van der Waals surface area contributed by atoms with E-state index in [0.717, 1.165) is 45.3 Å². The van der Waals surface area contributed by atoms with Gasteiger partial charge in [0.05, 0.1) is 5.52 Å². The van der Waals surface area contributed by atoms with E-state index in [2.05, 4.69) is 44.1 Å². The number of anilines is 5. The summed E-state index contributed by atoms with van der Waals surface area (Å²) in [6, 6.07) is 27.8. The van der Waals surface area contributed by atoms with Crippen molar-refractivity contribution in [1.29, 1.82) is 0 Å². The number of carbonyl (C=O) groups excluding carboxylic acids is 1. The van der Waals surface area contributed by atoms with Gasteiger partial charge in [0.1, 0.15) is 0 Å². The normalized spacial score (nSPS) is 19.3. The molecule has 3 fully saturated rings. The molecule has 3 N–H and O–H groups in total. The molecule has 0 atom stereocenters. The molecule has 2 bridgehead atoms. The van der Waals surface area contributed by atoms with Crippen LogP contribution in [0.3, 0.4) is 0 Å². The lowest BCUT2D eigenvalue weighted by Crippen LogP contribution is -2.32. The summed E-state index contributed by atoms with van der Waals surface area (Å²) in [5.74, 6) is 0.770. The van der Waals surface area contributed by atoms with Gasteiger partial charge in [0.15, 0.2) is 0 Å². The van der Waals surface area contributed by atoms with Crippen LogP contribution >= 0.6 is 0 Å². The Hall–Kier alpha value is -4.71. The van der Waals surface area contributed by atoms with E-state index in [-0.39, 0.29) is 5.91 Å². The Kier molecular flexibility index (Phi) is 5.73. The van der Waals surface area contributed by atoms with Crippen LogP contribution in [0.2, 0.25) is 0 Å². The van der Waals surface area contributed by atoms with E-state index >= 15 is 0 Å². The number of fused-ring (bicyclic) bond motifs is 2. The predicted octanol–water partition coefficient (Wildman–Crippen LogP) is 7.81. The van der Waals surface area contributed by atoms with Crippen molar-refractivity contribution in [3.05, 3.63) is 115 Å². The van der Waals surface area contributed by atoms with E-state index in [1.807, 2.05) is 72.9 Å². The maximum absolute atomic E-state index is 13.0. The summed E-state index contributed by atoms with van der Waals surface area (Å²) in [7, 11) is 0. The van der Waals surface area contributed by atoms with Gasteiger partial charge in [-0.05, 0) is 115 Å². The standard InChI is InChI=1S/C33H29N5O/c39-32(38-28-3-1-2-27(19-28)36-26-11-15-34-16-12-26)23-4-7-25(8-5-23)37-31-13-17-35-30-9-6-24(18-29(30)31)33-14-10-22(20-33)21-33/h1-9,11-13,15-19,22H,10,14,20-21H2,(H,34,36)(H,35,37)(H,38,39). The van der Waals surface area contributed by atoms with Crippen molar-refractivity contribution < 1.29 is 4.79 Å². The first-order valence-electron chi connectivity index (χ1n) is 13.5. The second-order valence-corrected chi connectivity index (χ2v) is 10.8. The summed E-state index contributed by atoms with van der Waals surface area (Å²) in [4.78, 5) is 21.6. The lowest BCUT2D eigenvalue weighted by molar-refractivity contribution is 0.102. The van der Waals surface area contributed by atoms with Crippen molar-refractivity contribution in [2.24, 2.45) is 5.92 Å². The number of aromatic nitrogens is 2. The first kappa shape index (κ1) is 23.4. The molecule has 0 aliphatic heterocycles. The van der Waals surface area contributed by atoms with Crippen LogP contribution in [0.1, 0.15) is 41.6 Å². The smallest absolute Gasteiger partial charge is 0.255 e. The first-order valence-corrected chi connectivity index (χ1v) is 13.5. The number of benzene rings is 3. The third-order valence-corrected chi connectivity index (χ3v) is 8.26. The van der Waals surface area contributed by atoms with E-state index in [1.165, 1.54) is 31.2 Å². The Labute approximate surface area is 227 Å². The molecule has 39 heavy (non-hydrogen) atoms. The molecule has 3 saturated carbocycles. The third-order valence-electron chi connectivity index (χ3n) is 8.26. The van der Waals surface area contributed by atoms with Crippen LogP contribution in [0.25, 0.3) is 10.9 Å².